The number of imidazole rings is 1. The number of hydrogen-bond acceptors (Lipinski definition) is 20. The van der Waals surface area contributed by atoms with Crippen molar-refractivity contribution in [3.8, 4) is 41.7 Å². The summed E-state index contributed by atoms with van der Waals surface area (Å²) in [4.78, 5) is 59.3. The van der Waals surface area contributed by atoms with Crippen LogP contribution in [0.3, 0.4) is 0 Å². The van der Waals surface area contributed by atoms with Crippen molar-refractivity contribution in [1.82, 2.24) is 44.5 Å². The topological polar surface area (TPSA) is 296 Å². The molecule has 0 bridgehead atoms. The number of amides is 1. The Hall–Kier alpha value is -9.21. The lowest BCUT2D eigenvalue weighted by atomic mass is 9.96. The van der Waals surface area contributed by atoms with E-state index in [1.165, 1.54) is 83.5 Å². The number of Topliss-reactive ketones (excluding diaryl/α,β-unsaturated/α-hetero) is 1. The predicted octanol–water partition coefficient (Wildman–Crippen LogP) is 15.7. The van der Waals surface area contributed by atoms with Crippen LogP contribution >= 0.6 is 56.9 Å². The number of carbonyl (C=O) groups is 2. The third-order valence-electron chi connectivity index (χ3n) is 14.6. The maximum atomic E-state index is 12.2. The van der Waals surface area contributed by atoms with Crippen molar-refractivity contribution >= 4 is 129 Å². The minimum atomic E-state index is -3.76. The number of benzene rings is 4. The van der Waals surface area contributed by atoms with Gasteiger partial charge in [-0.05, 0) is 135 Å². The highest BCUT2D eigenvalue weighted by Gasteiger charge is 2.26. The highest BCUT2D eigenvalue weighted by Crippen LogP contribution is 2.44. The maximum absolute atomic E-state index is 12.2. The predicted molar refractivity (Wildman–Crippen MR) is 376 cm³/mol. The Bertz CT molecular complexity index is 4640. The number of aryl methyl sites for hydroxylation is 3. The smallest absolute Gasteiger partial charge is 0.270 e. The van der Waals surface area contributed by atoms with Gasteiger partial charge in [0, 0.05) is 83.7 Å². The van der Waals surface area contributed by atoms with Gasteiger partial charge in [0.1, 0.15) is 47.1 Å². The zero-order valence-electron chi connectivity index (χ0n) is 50.1. The maximum Gasteiger partial charge on any atom is 0.270 e. The first-order valence-electron chi connectivity index (χ1n) is 28.8. The monoisotopic (exact) mass is 1340 g/mol. The van der Waals surface area contributed by atoms with Gasteiger partial charge in [-0.3, -0.25) is 9.59 Å². The van der Waals surface area contributed by atoms with Crippen LogP contribution in [0.5, 0.6) is 0 Å². The highest BCUT2D eigenvalue weighted by atomic mass is 35.5. The molecule has 26 heteroatoms. The minimum absolute atomic E-state index is 0. The third-order valence-corrected chi connectivity index (χ3v) is 20.1. The summed E-state index contributed by atoms with van der Waals surface area (Å²) in [6, 6.07) is 40.2. The number of nitrogen functional groups attached to an aromatic ring is 1. The summed E-state index contributed by atoms with van der Waals surface area (Å²) < 4.78 is 24.7. The largest absolute Gasteiger partial charge is 0.382 e. The number of anilines is 8. The number of ketones is 1. The van der Waals surface area contributed by atoms with Crippen molar-refractivity contribution in [1.29, 1.82) is 0 Å². The first kappa shape index (κ1) is 65.7. The molecule has 0 spiro atoms. The van der Waals surface area contributed by atoms with Crippen molar-refractivity contribution in [2.45, 2.75) is 84.6 Å². The molecule has 12 aromatic rings. The Balaban J connectivity index is 0.000000151. The second-order valence-electron chi connectivity index (χ2n) is 21.5. The molecule has 1 fully saturated rings. The van der Waals surface area contributed by atoms with Gasteiger partial charge in [0.2, 0.25) is 10.0 Å². The standard InChI is InChI=1S/C23H27N5OS.C21H17ClN6S.C21H19N5O3S3.CH4/c1-14-10-15(2)12-18(11-14)26-19-13-16(8-9-25-19)22-28-20(21(24)29)23(30-22)27-17-6-4-3-5-7-17;1-13-17(16-5-3-4-12-28(16)26-13)21-25-20(18(29-21)19-23-10-11-24-19)27(2)15-8-6-14(22)7-9-15;1-12(27)17-16(11-13-5-3-2-4-6-13)30-20(25-17)18-19(22)26-21(31-18)24-14-7-9-15(10-8-14)32(23,28)29;/h8-13,17,27H,3-7H2,1-2H3,(H2,24,29)(H,25,26);3-12H,1-2H3,(H,23,24);2-10H,11,22H2,1H3,(H,24,26)(H2,23,28,29);1H4. The number of sulfonamides is 1. The molecule has 472 valence electrons. The quantitative estimate of drug-likeness (QED) is 0.0417. The van der Waals surface area contributed by atoms with Crippen LogP contribution in [0.15, 0.2) is 157 Å². The number of pyridine rings is 2. The van der Waals surface area contributed by atoms with E-state index in [9.17, 15) is 18.0 Å². The fourth-order valence-electron chi connectivity index (χ4n) is 10.3. The number of primary amides is 1. The van der Waals surface area contributed by atoms with Crippen molar-refractivity contribution in [3.05, 3.63) is 196 Å². The fraction of sp³-hybridized carbons (Fsp3) is 0.197. The van der Waals surface area contributed by atoms with E-state index in [4.69, 9.17) is 33.2 Å². The number of aromatic amines is 1. The Morgan fingerprint density at radius 3 is 2.15 bits per heavy atom. The normalized spacial score (nSPS) is 12.2. The minimum Gasteiger partial charge on any atom is -0.382 e. The third kappa shape index (κ3) is 15.7. The number of aromatic nitrogens is 9. The number of fused-ring (bicyclic) bond motifs is 1. The summed E-state index contributed by atoms with van der Waals surface area (Å²) in [5, 5.41) is 24.0. The number of halogens is 1. The van der Waals surface area contributed by atoms with Crippen LogP contribution in [0.1, 0.15) is 94.7 Å². The van der Waals surface area contributed by atoms with Gasteiger partial charge in [0.05, 0.1) is 21.7 Å². The number of nitrogens with one attached hydrogen (secondary N) is 4. The van der Waals surface area contributed by atoms with E-state index in [1.54, 1.807) is 35.9 Å². The Kier molecular flexibility index (Phi) is 20.7. The summed E-state index contributed by atoms with van der Waals surface area (Å²) in [7, 11) is -1.76. The van der Waals surface area contributed by atoms with Gasteiger partial charge < -0.3 is 37.3 Å². The number of hydrogen-bond donors (Lipinski definition) is 7. The number of nitrogens with zero attached hydrogens (tertiary/aromatic N) is 9. The van der Waals surface area contributed by atoms with E-state index < -0.39 is 15.9 Å². The SMILES string of the molecule is C.CC(=O)c1nc(-c2sc(Nc3ccc(S(N)(=O)=O)cc3)nc2N)sc1Cc1ccccc1.Cc1cc(C)cc(Nc2cc(-c3nc(C(N)=O)c(NC4CCCCC4)s3)ccn2)c1.Cc1nn2ccccc2c1-c1nc(N(C)c2ccc(Cl)cc2)c(-c2ncc[nH]2)s1. The lowest BCUT2D eigenvalue weighted by molar-refractivity contribution is 0.0992. The van der Waals surface area contributed by atoms with Crippen LogP contribution in [0, 0.1) is 20.8 Å². The molecule has 1 amide bonds. The molecule has 13 rings (SSSR count). The molecule has 0 saturated heterocycles. The molecule has 0 atom stereocenters. The Morgan fingerprint density at radius 2 is 1.47 bits per heavy atom. The average molecular weight is 1340 g/mol. The number of rotatable bonds is 17. The van der Waals surface area contributed by atoms with Crippen LogP contribution in [0.25, 0.3) is 47.2 Å². The van der Waals surface area contributed by atoms with E-state index >= 15 is 0 Å². The van der Waals surface area contributed by atoms with Crippen molar-refractivity contribution in [3.63, 3.8) is 0 Å². The fourth-order valence-corrected chi connectivity index (χ4v) is 15.3. The van der Waals surface area contributed by atoms with Gasteiger partial charge in [-0.2, -0.15) is 5.10 Å². The molecule has 8 aromatic heterocycles. The summed E-state index contributed by atoms with van der Waals surface area (Å²) in [5.41, 5.74) is 22.5. The molecule has 20 nitrogen and oxygen atoms in total. The van der Waals surface area contributed by atoms with Gasteiger partial charge >= 0.3 is 0 Å². The number of thiazole rings is 4. The molecule has 0 radical (unpaired) electrons. The molecule has 1 aliphatic rings. The lowest BCUT2D eigenvalue weighted by Gasteiger charge is -2.23. The first-order valence-corrected chi connectivity index (χ1v) is 34.0. The number of carbonyl (C=O) groups excluding carboxylic acids is 2. The zero-order chi connectivity index (χ0) is 63.9. The Labute approximate surface area is 554 Å². The number of H-pyrrole nitrogens is 1. The summed E-state index contributed by atoms with van der Waals surface area (Å²) >= 11 is 11.9. The molecule has 92 heavy (non-hydrogen) atoms. The molecule has 4 aromatic carbocycles. The van der Waals surface area contributed by atoms with Crippen molar-refractivity contribution < 1.29 is 18.0 Å². The van der Waals surface area contributed by atoms with Crippen molar-refractivity contribution in [2.75, 3.05) is 33.6 Å². The summed E-state index contributed by atoms with van der Waals surface area (Å²) in [5.74, 6) is 2.05. The van der Waals surface area contributed by atoms with Gasteiger partial charge in [-0.25, -0.2) is 48.0 Å². The Morgan fingerprint density at radius 1 is 0.750 bits per heavy atom. The van der Waals surface area contributed by atoms with Gasteiger partial charge in [-0.1, -0.05) is 103 Å². The van der Waals surface area contributed by atoms with Crippen molar-refractivity contribution in [2.24, 2.45) is 10.9 Å². The van der Waals surface area contributed by atoms with E-state index in [-0.39, 0.29) is 18.1 Å². The summed E-state index contributed by atoms with van der Waals surface area (Å²) in [6.45, 7) is 7.66. The zero-order valence-corrected chi connectivity index (χ0v) is 54.9. The van der Waals surface area contributed by atoms with Crippen LogP contribution in [0.4, 0.5) is 44.6 Å². The molecule has 1 saturated carbocycles. The number of nitrogens with two attached hydrogens (primary N) is 3. The molecular weight excluding hydrogens is 1280 g/mol. The highest BCUT2D eigenvalue weighted by molar-refractivity contribution is 7.89. The van der Waals surface area contributed by atoms with Crippen LogP contribution < -0.4 is 37.5 Å². The van der Waals surface area contributed by atoms with Gasteiger partial charge in [0.15, 0.2) is 28.3 Å². The molecule has 10 N–H and O–H groups in total. The second-order valence-corrected chi connectivity index (χ2v) is 27.6. The van der Waals surface area contributed by atoms with E-state index in [0.29, 0.717) is 55.4 Å². The lowest BCUT2D eigenvalue weighted by Crippen LogP contribution is -2.23. The van der Waals surface area contributed by atoms with Crippen LogP contribution in [-0.4, -0.2) is 77.7 Å². The van der Waals surface area contributed by atoms with Crippen LogP contribution in [-0.2, 0) is 16.4 Å². The average Bonchev–Trinajstić information content (AvgIpc) is 1.63. The van der Waals surface area contributed by atoms with E-state index in [2.05, 4.69) is 94.0 Å². The molecule has 8 heterocycles. The molecule has 1 aliphatic carbocycles. The summed E-state index contributed by atoms with van der Waals surface area (Å²) in [6.07, 6.45) is 13.8. The van der Waals surface area contributed by atoms with E-state index in [1.807, 2.05) is 110 Å². The van der Waals surface area contributed by atoms with Crippen LogP contribution in [0.2, 0.25) is 5.02 Å². The van der Waals surface area contributed by atoms with Gasteiger partial charge in [0.25, 0.3) is 5.91 Å². The molecule has 0 unspecified atom stereocenters. The number of primary sulfonamides is 1. The van der Waals surface area contributed by atoms with E-state index in [0.717, 1.165) is 94.3 Å². The first-order chi connectivity index (χ1) is 43.8. The van der Waals surface area contributed by atoms with Gasteiger partial charge in [-0.15, -0.1) is 22.7 Å². The molecular formula is C66H67ClN16O4S5. The second kappa shape index (κ2) is 29.0. The molecule has 0 aliphatic heterocycles.